The lowest BCUT2D eigenvalue weighted by molar-refractivity contribution is -0.152. The Morgan fingerprint density at radius 2 is 2.21 bits per heavy atom. The molecule has 0 bridgehead atoms. The molecular formula is C10H15NO3. The van der Waals surface area contributed by atoms with E-state index in [-0.39, 0.29) is 17.8 Å². The molecule has 4 nitrogen and oxygen atoms in total. The zero-order valence-corrected chi connectivity index (χ0v) is 8.69. The molecule has 1 rings (SSSR count). The minimum atomic E-state index is -0.470. The minimum absolute atomic E-state index is 0.0614. The summed E-state index contributed by atoms with van der Waals surface area (Å²) >= 11 is 0. The fourth-order valence-corrected chi connectivity index (χ4v) is 1.58. The predicted molar refractivity (Wildman–Crippen MR) is 51.5 cm³/mol. The largest absolute Gasteiger partial charge is 0.467 e. The highest BCUT2D eigenvalue weighted by atomic mass is 16.5. The molecule has 4 heteroatoms. The van der Waals surface area contributed by atoms with E-state index in [1.807, 2.05) is 13.8 Å². The quantitative estimate of drug-likeness (QED) is 0.622. The Labute approximate surface area is 83.5 Å². The molecule has 0 saturated carbocycles. The molecule has 0 unspecified atom stereocenters. The summed E-state index contributed by atoms with van der Waals surface area (Å²) < 4.78 is 4.67. The number of carbonyl (C=O) groups excluding carboxylic acids is 2. The first kappa shape index (κ1) is 10.8. The molecule has 0 aliphatic carbocycles. The summed E-state index contributed by atoms with van der Waals surface area (Å²) in [5.41, 5.74) is 0. The van der Waals surface area contributed by atoms with Gasteiger partial charge in [0.05, 0.1) is 7.11 Å². The third kappa shape index (κ3) is 1.95. The summed E-state index contributed by atoms with van der Waals surface area (Å²) in [6.07, 6.45) is 3.24. The summed E-state index contributed by atoms with van der Waals surface area (Å²) in [5.74, 6) is -0.405. The van der Waals surface area contributed by atoms with Crippen molar-refractivity contribution >= 4 is 11.9 Å². The molecule has 0 N–H and O–H groups in total. The van der Waals surface area contributed by atoms with Crippen molar-refractivity contribution in [3.63, 3.8) is 0 Å². The van der Waals surface area contributed by atoms with E-state index in [4.69, 9.17) is 0 Å². The fourth-order valence-electron chi connectivity index (χ4n) is 1.58. The van der Waals surface area contributed by atoms with Crippen LogP contribution in [0, 0.1) is 5.92 Å². The zero-order chi connectivity index (χ0) is 10.7. The minimum Gasteiger partial charge on any atom is -0.467 e. The Bertz CT molecular complexity index is 271. The van der Waals surface area contributed by atoms with Gasteiger partial charge < -0.3 is 9.64 Å². The van der Waals surface area contributed by atoms with Crippen molar-refractivity contribution in [3.8, 4) is 0 Å². The van der Waals surface area contributed by atoms with Crippen molar-refractivity contribution < 1.29 is 14.3 Å². The van der Waals surface area contributed by atoms with Crippen LogP contribution < -0.4 is 0 Å². The van der Waals surface area contributed by atoms with E-state index in [1.165, 1.54) is 18.1 Å². The van der Waals surface area contributed by atoms with Crippen molar-refractivity contribution in [2.24, 2.45) is 5.92 Å². The van der Waals surface area contributed by atoms with Gasteiger partial charge in [0, 0.05) is 12.6 Å². The van der Waals surface area contributed by atoms with Crippen LogP contribution in [0.5, 0.6) is 0 Å². The van der Waals surface area contributed by atoms with Gasteiger partial charge in [0.2, 0.25) is 5.91 Å². The van der Waals surface area contributed by atoms with Crippen LogP contribution in [-0.4, -0.2) is 36.5 Å². The van der Waals surface area contributed by atoms with Crippen LogP contribution in [0.3, 0.4) is 0 Å². The molecule has 0 fully saturated rings. The molecule has 0 aromatic heterocycles. The molecule has 0 saturated heterocycles. The Kier molecular flexibility index (Phi) is 3.28. The summed E-state index contributed by atoms with van der Waals surface area (Å²) in [6, 6.07) is -0.470. The molecule has 0 aromatic carbocycles. The average Bonchev–Trinajstić information content (AvgIpc) is 2.52. The van der Waals surface area contributed by atoms with Gasteiger partial charge in [-0.05, 0) is 5.92 Å². The second-order valence-electron chi connectivity index (χ2n) is 3.60. The van der Waals surface area contributed by atoms with Crippen LogP contribution in [-0.2, 0) is 14.3 Å². The van der Waals surface area contributed by atoms with Crippen LogP contribution in [0.1, 0.15) is 13.8 Å². The molecule has 1 aliphatic heterocycles. The second kappa shape index (κ2) is 4.26. The molecule has 0 radical (unpaired) electrons. The number of amides is 1. The number of rotatable bonds is 3. The molecule has 0 spiro atoms. The normalized spacial score (nSPS) is 17.7. The smallest absolute Gasteiger partial charge is 0.328 e. The van der Waals surface area contributed by atoms with Crippen LogP contribution in [0.25, 0.3) is 0 Å². The highest BCUT2D eigenvalue weighted by Gasteiger charge is 2.33. The maximum Gasteiger partial charge on any atom is 0.328 e. The van der Waals surface area contributed by atoms with Gasteiger partial charge in [0.15, 0.2) is 0 Å². The van der Waals surface area contributed by atoms with E-state index in [9.17, 15) is 9.59 Å². The zero-order valence-electron chi connectivity index (χ0n) is 8.69. The fraction of sp³-hybridized carbons (Fsp3) is 0.600. The molecule has 1 amide bonds. The van der Waals surface area contributed by atoms with Crippen molar-refractivity contribution in [2.75, 3.05) is 13.7 Å². The molecular weight excluding hydrogens is 182 g/mol. The summed E-state index contributed by atoms with van der Waals surface area (Å²) in [4.78, 5) is 24.3. The Morgan fingerprint density at radius 1 is 1.57 bits per heavy atom. The van der Waals surface area contributed by atoms with Crippen LogP contribution in [0.4, 0.5) is 0 Å². The van der Waals surface area contributed by atoms with Crippen LogP contribution >= 0.6 is 0 Å². The summed E-state index contributed by atoms with van der Waals surface area (Å²) in [5, 5.41) is 0. The van der Waals surface area contributed by atoms with Gasteiger partial charge in [-0.2, -0.15) is 0 Å². The van der Waals surface area contributed by atoms with Crippen molar-refractivity contribution in [2.45, 2.75) is 19.9 Å². The van der Waals surface area contributed by atoms with Crippen molar-refractivity contribution in [3.05, 3.63) is 12.2 Å². The highest BCUT2D eigenvalue weighted by Crippen LogP contribution is 2.16. The molecule has 1 aliphatic rings. The first-order valence-corrected chi connectivity index (χ1v) is 4.63. The SMILES string of the molecule is COC(=O)[C@H](C(C)C)N1CC=CC1=O. The van der Waals surface area contributed by atoms with Crippen molar-refractivity contribution in [1.29, 1.82) is 0 Å². The van der Waals surface area contributed by atoms with E-state index < -0.39 is 6.04 Å². The number of hydrogen-bond acceptors (Lipinski definition) is 3. The Hall–Kier alpha value is -1.32. The maximum absolute atomic E-state index is 11.4. The lowest BCUT2D eigenvalue weighted by Gasteiger charge is -2.28. The highest BCUT2D eigenvalue weighted by molar-refractivity contribution is 5.93. The first-order chi connectivity index (χ1) is 6.57. The van der Waals surface area contributed by atoms with E-state index in [2.05, 4.69) is 4.74 Å². The third-order valence-electron chi connectivity index (χ3n) is 2.26. The standard InChI is InChI=1S/C10H15NO3/c1-7(2)9(10(13)14-3)11-6-4-5-8(11)12/h4-5,7,9H,6H2,1-3H3/t9-/m0/s1. The van der Waals surface area contributed by atoms with Crippen molar-refractivity contribution in [1.82, 2.24) is 4.90 Å². The van der Waals surface area contributed by atoms with Crippen LogP contribution in [0.2, 0.25) is 0 Å². The number of ether oxygens (including phenoxy) is 1. The van der Waals surface area contributed by atoms with Crippen LogP contribution in [0.15, 0.2) is 12.2 Å². The predicted octanol–water partition coefficient (Wildman–Crippen LogP) is 0.582. The summed E-state index contributed by atoms with van der Waals surface area (Å²) in [6.45, 7) is 4.29. The topological polar surface area (TPSA) is 46.6 Å². The molecule has 78 valence electrons. The molecule has 14 heavy (non-hydrogen) atoms. The number of carbonyl (C=O) groups is 2. The van der Waals surface area contributed by atoms with E-state index in [0.29, 0.717) is 6.54 Å². The van der Waals surface area contributed by atoms with Gasteiger partial charge in [0.25, 0.3) is 0 Å². The number of hydrogen-bond donors (Lipinski definition) is 0. The lowest BCUT2D eigenvalue weighted by Crippen LogP contribution is -2.46. The van der Waals surface area contributed by atoms with Gasteiger partial charge in [-0.25, -0.2) is 4.79 Å². The Morgan fingerprint density at radius 3 is 2.57 bits per heavy atom. The lowest BCUT2D eigenvalue weighted by atomic mass is 10.0. The monoisotopic (exact) mass is 197 g/mol. The Balaban J connectivity index is 2.78. The molecule has 1 atom stereocenters. The van der Waals surface area contributed by atoms with Gasteiger partial charge in [-0.3, -0.25) is 4.79 Å². The average molecular weight is 197 g/mol. The first-order valence-electron chi connectivity index (χ1n) is 4.63. The number of esters is 1. The second-order valence-corrected chi connectivity index (χ2v) is 3.60. The van der Waals surface area contributed by atoms with E-state index in [1.54, 1.807) is 6.08 Å². The van der Waals surface area contributed by atoms with E-state index >= 15 is 0 Å². The third-order valence-corrected chi connectivity index (χ3v) is 2.26. The van der Waals surface area contributed by atoms with Gasteiger partial charge in [0.1, 0.15) is 6.04 Å². The number of nitrogens with zero attached hydrogens (tertiary/aromatic N) is 1. The molecule has 0 aromatic rings. The molecule has 1 heterocycles. The van der Waals surface area contributed by atoms with Gasteiger partial charge in [-0.15, -0.1) is 0 Å². The summed E-state index contributed by atoms with van der Waals surface area (Å²) in [7, 11) is 1.34. The maximum atomic E-state index is 11.4. The van der Waals surface area contributed by atoms with Gasteiger partial charge in [-0.1, -0.05) is 19.9 Å². The van der Waals surface area contributed by atoms with Gasteiger partial charge >= 0.3 is 5.97 Å². The van der Waals surface area contributed by atoms with E-state index in [0.717, 1.165) is 0 Å². The number of methoxy groups -OCH3 is 1.